The van der Waals surface area contributed by atoms with E-state index in [0.717, 1.165) is 18.4 Å². The maximum absolute atomic E-state index is 12.8. The van der Waals surface area contributed by atoms with Gasteiger partial charge in [0.05, 0.1) is 5.56 Å². The first-order valence-corrected chi connectivity index (χ1v) is 9.57. The number of carbonyl (C=O) groups is 1. The van der Waals surface area contributed by atoms with Gasteiger partial charge in [0.25, 0.3) is 5.91 Å². The second-order valence-electron chi connectivity index (χ2n) is 6.35. The highest BCUT2D eigenvalue weighted by atomic mass is 32.1. The summed E-state index contributed by atoms with van der Waals surface area (Å²) >= 11 is 1.71. The maximum Gasteiger partial charge on any atom is 0.280 e. The Morgan fingerprint density at radius 3 is 2.72 bits per heavy atom. The molecule has 2 heterocycles. The van der Waals surface area contributed by atoms with Crippen molar-refractivity contribution in [1.29, 1.82) is 0 Å². The van der Waals surface area contributed by atoms with Gasteiger partial charge in [0.1, 0.15) is 5.49 Å². The lowest BCUT2D eigenvalue weighted by Crippen LogP contribution is -2.22. The minimum atomic E-state index is -0.118. The summed E-state index contributed by atoms with van der Waals surface area (Å²) in [5.41, 5.74) is 3.92. The van der Waals surface area contributed by atoms with Gasteiger partial charge in [-0.15, -0.1) is 11.3 Å². The number of amides is 1. The Labute approximate surface area is 151 Å². The van der Waals surface area contributed by atoms with E-state index in [9.17, 15) is 4.79 Å². The van der Waals surface area contributed by atoms with Gasteiger partial charge in [0, 0.05) is 23.0 Å². The lowest BCUT2D eigenvalue weighted by molar-refractivity contribution is 0.0996. The Kier molecular flexibility index (Phi) is 4.61. The lowest BCUT2D eigenvalue weighted by atomic mass is 9.96. The number of aryl methyl sites for hydroxylation is 1. The minimum Gasteiger partial charge on any atom is -0.328 e. The van der Waals surface area contributed by atoms with Gasteiger partial charge in [-0.25, -0.2) is 0 Å². The fourth-order valence-electron chi connectivity index (χ4n) is 3.32. The number of aromatic nitrogens is 1. The van der Waals surface area contributed by atoms with Crippen LogP contribution in [0.5, 0.6) is 0 Å². The molecule has 1 aromatic carbocycles. The topological polar surface area (TPSA) is 34.4 Å². The fraction of sp³-hybridized carbons (Fsp3) is 0.238. The minimum absolute atomic E-state index is 0.118. The van der Waals surface area contributed by atoms with Gasteiger partial charge in [0.15, 0.2) is 0 Å². The monoisotopic (exact) mass is 348 g/mol. The van der Waals surface area contributed by atoms with Crippen LogP contribution in [-0.2, 0) is 19.4 Å². The molecule has 1 aliphatic rings. The smallest absolute Gasteiger partial charge is 0.280 e. The van der Waals surface area contributed by atoms with Gasteiger partial charge < -0.3 is 4.57 Å². The van der Waals surface area contributed by atoms with E-state index in [1.807, 2.05) is 52.5 Å². The molecule has 0 spiro atoms. The van der Waals surface area contributed by atoms with Crippen LogP contribution in [0, 0.1) is 0 Å². The van der Waals surface area contributed by atoms with Gasteiger partial charge >= 0.3 is 0 Å². The van der Waals surface area contributed by atoms with Crippen molar-refractivity contribution in [2.75, 3.05) is 0 Å². The summed E-state index contributed by atoms with van der Waals surface area (Å²) in [6.45, 7) is 0.704. The van der Waals surface area contributed by atoms with E-state index in [0.29, 0.717) is 12.0 Å². The van der Waals surface area contributed by atoms with Crippen LogP contribution in [0.4, 0.5) is 0 Å². The Hall–Kier alpha value is -2.46. The Bertz CT molecular complexity index is 953. The lowest BCUT2D eigenvalue weighted by Gasteiger charge is -2.11. The summed E-state index contributed by atoms with van der Waals surface area (Å²) < 4.78 is 2.02. The van der Waals surface area contributed by atoms with E-state index >= 15 is 0 Å². The molecule has 0 atom stereocenters. The summed E-state index contributed by atoms with van der Waals surface area (Å²) in [7, 11) is 0. The number of fused-ring (bicyclic) bond motifs is 1. The van der Waals surface area contributed by atoms with Gasteiger partial charge in [0.2, 0.25) is 0 Å². The molecule has 1 aliphatic carbocycles. The van der Waals surface area contributed by atoms with Crippen molar-refractivity contribution in [2.24, 2.45) is 4.99 Å². The molecule has 3 aromatic rings. The highest BCUT2D eigenvalue weighted by Gasteiger charge is 2.19. The molecule has 0 aliphatic heterocycles. The van der Waals surface area contributed by atoms with E-state index < -0.39 is 0 Å². The maximum atomic E-state index is 12.8. The highest BCUT2D eigenvalue weighted by Crippen LogP contribution is 2.30. The van der Waals surface area contributed by atoms with Crippen molar-refractivity contribution in [2.45, 2.75) is 32.2 Å². The van der Waals surface area contributed by atoms with E-state index in [1.54, 1.807) is 11.3 Å². The SMILES string of the molecule is O=C(N=c1ccccn1Cc1ccccc1)c1csc2c1CCCC2. The van der Waals surface area contributed by atoms with Crippen molar-refractivity contribution < 1.29 is 4.79 Å². The molecule has 25 heavy (non-hydrogen) atoms. The van der Waals surface area contributed by atoms with E-state index in [1.165, 1.54) is 28.8 Å². The molecule has 0 saturated heterocycles. The number of benzene rings is 1. The normalized spacial score (nSPS) is 14.3. The molecule has 126 valence electrons. The number of thiophene rings is 1. The van der Waals surface area contributed by atoms with Crippen LogP contribution < -0.4 is 5.49 Å². The number of carbonyl (C=O) groups excluding carboxylic acids is 1. The van der Waals surface area contributed by atoms with Crippen molar-refractivity contribution in [3.63, 3.8) is 0 Å². The summed E-state index contributed by atoms with van der Waals surface area (Å²) in [5, 5.41) is 1.99. The van der Waals surface area contributed by atoms with Crippen LogP contribution in [0.1, 0.15) is 39.2 Å². The average Bonchev–Trinajstić information content (AvgIpc) is 3.08. The average molecular weight is 348 g/mol. The third kappa shape index (κ3) is 3.49. The predicted octanol–water partition coefficient (Wildman–Crippen LogP) is 4.22. The molecule has 4 rings (SSSR count). The van der Waals surface area contributed by atoms with Crippen LogP contribution >= 0.6 is 11.3 Å². The molecule has 0 fully saturated rings. The standard InChI is InChI=1S/C21H20N2OS/c24-21(18-15-25-19-11-5-4-10-17(18)19)22-20-12-6-7-13-23(20)14-16-8-2-1-3-9-16/h1-3,6-9,12-13,15H,4-5,10-11,14H2. The van der Waals surface area contributed by atoms with E-state index in [2.05, 4.69) is 17.1 Å². The summed E-state index contributed by atoms with van der Waals surface area (Å²) in [6.07, 6.45) is 6.49. The third-order valence-electron chi connectivity index (χ3n) is 4.62. The molecular formula is C21H20N2OS. The fourth-order valence-corrected chi connectivity index (χ4v) is 4.44. The Morgan fingerprint density at radius 1 is 1.04 bits per heavy atom. The number of pyridine rings is 1. The zero-order valence-electron chi connectivity index (χ0n) is 14.0. The first-order valence-electron chi connectivity index (χ1n) is 8.69. The van der Waals surface area contributed by atoms with Crippen molar-refractivity contribution in [3.8, 4) is 0 Å². The van der Waals surface area contributed by atoms with E-state index in [-0.39, 0.29) is 5.91 Å². The molecule has 0 radical (unpaired) electrons. The first kappa shape index (κ1) is 16.0. The summed E-state index contributed by atoms with van der Waals surface area (Å²) in [4.78, 5) is 18.6. The molecule has 0 unspecified atom stereocenters. The van der Waals surface area contributed by atoms with E-state index in [4.69, 9.17) is 0 Å². The Morgan fingerprint density at radius 2 is 1.84 bits per heavy atom. The molecule has 0 saturated carbocycles. The third-order valence-corrected chi connectivity index (χ3v) is 5.71. The molecular weight excluding hydrogens is 328 g/mol. The second-order valence-corrected chi connectivity index (χ2v) is 7.31. The quantitative estimate of drug-likeness (QED) is 0.698. The number of hydrogen-bond acceptors (Lipinski definition) is 2. The van der Waals surface area contributed by atoms with Crippen LogP contribution in [0.3, 0.4) is 0 Å². The molecule has 2 aromatic heterocycles. The molecule has 3 nitrogen and oxygen atoms in total. The van der Waals surface area contributed by atoms with Crippen LogP contribution in [-0.4, -0.2) is 10.5 Å². The van der Waals surface area contributed by atoms with Gasteiger partial charge in [-0.1, -0.05) is 36.4 Å². The first-order chi connectivity index (χ1) is 12.3. The van der Waals surface area contributed by atoms with Gasteiger partial charge in [-0.2, -0.15) is 4.99 Å². The largest absolute Gasteiger partial charge is 0.328 e. The van der Waals surface area contributed by atoms with Crippen molar-refractivity contribution in [1.82, 2.24) is 4.57 Å². The Balaban J connectivity index is 1.67. The molecule has 4 heteroatoms. The van der Waals surface area contributed by atoms with Crippen LogP contribution in [0.25, 0.3) is 0 Å². The molecule has 0 bridgehead atoms. The predicted molar refractivity (Wildman–Crippen MR) is 101 cm³/mol. The zero-order valence-corrected chi connectivity index (χ0v) is 14.8. The van der Waals surface area contributed by atoms with Crippen molar-refractivity contribution >= 4 is 17.2 Å². The zero-order chi connectivity index (χ0) is 17.1. The van der Waals surface area contributed by atoms with Gasteiger partial charge in [-0.3, -0.25) is 4.79 Å². The van der Waals surface area contributed by atoms with Crippen LogP contribution in [0.2, 0.25) is 0 Å². The molecule has 1 amide bonds. The van der Waals surface area contributed by atoms with Crippen LogP contribution in [0.15, 0.2) is 65.1 Å². The molecule has 0 N–H and O–H groups in total. The number of hydrogen-bond donors (Lipinski definition) is 0. The second kappa shape index (κ2) is 7.19. The highest BCUT2D eigenvalue weighted by molar-refractivity contribution is 7.10. The summed E-state index contributed by atoms with van der Waals surface area (Å²) in [5.74, 6) is -0.118. The number of nitrogens with zero attached hydrogens (tertiary/aromatic N) is 2. The van der Waals surface area contributed by atoms with Crippen molar-refractivity contribution in [3.05, 3.63) is 87.2 Å². The summed E-state index contributed by atoms with van der Waals surface area (Å²) in [6, 6.07) is 16.0. The number of rotatable bonds is 3. The van der Waals surface area contributed by atoms with Gasteiger partial charge in [-0.05, 0) is 48.9 Å².